The number of amides is 1. The van der Waals surface area contributed by atoms with Gasteiger partial charge in [0.1, 0.15) is 11.4 Å². The highest BCUT2D eigenvalue weighted by Gasteiger charge is 2.35. The van der Waals surface area contributed by atoms with E-state index >= 15 is 0 Å². The predicted octanol–water partition coefficient (Wildman–Crippen LogP) is 3.76. The third-order valence-electron chi connectivity index (χ3n) is 6.05. The first-order chi connectivity index (χ1) is 16.7. The molecule has 1 fully saturated rings. The van der Waals surface area contributed by atoms with Gasteiger partial charge in [-0.05, 0) is 37.6 Å². The van der Waals surface area contributed by atoms with Crippen LogP contribution in [0.25, 0.3) is 11.1 Å². The fraction of sp³-hybridized carbons (Fsp3) is 0.375. The molecule has 0 bridgehead atoms. The Labute approximate surface area is 213 Å². The summed E-state index contributed by atoms with van der Waals surface area (Å²) in [6.07, 6.45) is 5.40. The molecule has 0 aliphatic carbocycles. The minimum Gasteiger partial charge on any atom is -0.489 e. The molecule has 1 aliphatic heterocycles. The summed E-state index contributed by atoms with van der Waals surface area (Å²) in [7, 11) is 0. The first-order valence-electron chi connectivity index (χ1n) is 11.2. The summed E-state index contributed by atoms with van der Waals surface area (Å²) in [5.74, 6) is 0.0641. The van der Waals surface area contributed by atoms with Crippen LogP contribution in [0.4, 0.5) is 10.2 Å². The normalized spacial score (nSPS) is 14.3. The molecule has 0 saturated carbocycles. The Kier molecular flexibility index (Phi) is 7.49. The lowest BCUT2D eigenvalue weighted by Gasteiger charge is -2.34. The molecule has 0 atom stereocenters. The van der Waals surface area contributed by atoms with Gasteiger partial charge in [0.25, 0.3) is 0 Å². The Morgan fingerprint density at radius 2 is 1.97 bits per heavy atom. The van der Waals surface area contributed by atoms with Crippen molar-refractivity contribution < 1.29 is 13.9 Å². The second kappa shape index (κ2) is 10.4. The number of carbonyl (C=O) groups excluding carboxylic acids is 1. The van der Waals surface area contributed by atoms with Crippen molar-refractivity contribution in [1.82, 2.24) is 25.0 Å². The number of nitrogens with zero attached hydrogens (tertiary/aromatic N) is 4. The molecule has 0 spiro atoms. The number of nitrogens with one attached hydrogen (secondary N) is 1. The average molecular weight is 521 g/mol. The van der Waals surface area contributed by atoms with Gasteiger partial charge in [-0.3, -0.25) is 9.48 Å². The first kappa shape index (κ1) is 25.2. The van der Waals surface area contributed by atoms with Gasteiger partial charge in [-0.15, -0.1) is 0 Å². The number of rotatable bonds is 7. The molecule has 3 heterocycles. The van der Waals surface area contributed by atoms with Crippen molar-refractivity contribution in [3.63, 3.8) is 0 Å². The number of anilines is 1. The third-order valence-corrected chi connectivity index (χ3v) is 6.81. The molecule has 0 radical (unpaired) electrons. The number of nitrogens with two attached hydrogens (primary N) is 1. The van der Waals surface area contributed by atoms with E-state index in [1.807, 2.05) is 24.9 Å². The molecule has 11 heteroatoms. The molecule has 3 aromatic rings. The lowest BCUT2D eigenvalue weighted by molar-refractivity contribution is -0.140. The summed E-state index contributed by atoms with van der Waals surface area (Å²) >= 11 is 12.2. The Hall–Kier alpha value is -2.88. The maximum absolute atomic E-state index is 13.8. The quantitative estimate of drug-likeness (QED) is 0.460. The van der Waals surface area contributed by atoms with Crippen molar-refractivity contribution in [2.24, 2.45) is 0 Å². The maximum Gasteiger partial charge on any atom is 0.250 e. The van der Waals surface area contributed by atoms with Crippen LogP contribution in [0, 0.1) is 5.82 Å². The second-order valence-corrected chi connectivity index (χ2v) is 9.59. The molecule has 1 aromatic carbocycles. The van der Waals surface area contributed by atoms with Crippen molar-refractivity contribution in [3.05, 3.63) is 58.2 Å². The maximum atomic E-state index is 13.8. The van der Waals surface area contributed by atoms with E-state index < -0.39 is 11.4 Å². The number of pyridine rings is 1. The standard InChI is InChI=1S/C24H27Cl2FN6O2/c1-24(2,23(34)32-8-6-29-7-9-32)33-14-16(13-31-33)15-11-20(22(28)30-12-15)35-10-5-17-18(25)3-4-19(27)21(17)26/h3-4,11-14,29H,5-10H2,1-2H3,(H2,28,30). The zero-order valence-corrected chi connectivity index (χ0v) is 21.0. The minimum atomic E-state index is -0.848. The molecule has 186 valence electrons. The van der Waals surface area contributed by atoms with E-state index in [-0.39, 0.29) is 23.4 Å². The topological polar surface area (TPSA) is 98.3 Å². The largest absolute Gasteiger partial charge is 0.489 e. The van der Waals surface area contributed by atoms with Crippen LogP contribution in [-0.2, 0) is 16.8 Å². The van der Waals surface area contributed by atoms with Crippen LogP contribution < -0.4 is 15.8 Å². The van der Waals surface area contributed by atoms with Gasteiger partial charge in [0.2, 0.25) is 5.91 Å². The molecular formula is C24H27Cl2FN6O2. The fourth-order valence-corrected chi connectivity index (χ4v) is 4.48. The highest BCUT2D eigenvalue weighted by molar-refractivity contribution is 6.36. The summed E-state index contributed by atoms with van der Waals surface area (Å²) in [4.78, 5) is 19.2. The monoisotopic (exact) mass is 520 g/mol. The van der Waals surface area contributed by atoms with Crippen molar-refractivity contribution in [3.8, 4) is 16.9 Å². The van der Waals surface area contributed by atoms with Crippen molar-refractivity contribution in [1.29, 1.82) is 0 Å². The molecule has 2 aromatic heterocycles. The number of ether oxygens (including phenoxy) is 1. The Morgan fingerprint density at radius 3 is 2.71 bits per heavy atom. The number of piperazine rings is 1. The van der Waals surface area contributed by atoms with Crippen LogP contribution in [0.5, 0.6) is 5.75 Å². The van der Waals surface area contributed by atoms with Crippen LogP contribution >= 0.6 is 23.2 Å². The summed E-state index contributed by atoms with van der Waals surface area (Å²) in [6.45, 7) is 6.78. The second-order valence-electron chi connectivity index (χ2n) is 8.80. The summed E-state index contributed by atoms with van der Waals surface area (Å²) in [6, 6.07) is 4.43. The predicted molar refractivity (Wildman–Crippen MR) is 134 cm³/mol. The highest BCUT2D eigenvalue weighted by Crippen LogP contribution is 2.30. The third kappa shape index (κ3) is 5.37. The van der Waals surface area contributed by atoms with Gasteiger partial charge in [0.05, 0.1) is 17.8 Å². The molecule has 3 N–H and O–H groups in total. The van der Waals surface area contributed by atoms with Crippen molar-refractivity contribution in [2.75, 3.05) is 38.5 Å². The number of halogens is 3. The highest BCUT2D eigenvalue weighted by atomic mass is 35.5. The van der Waals surface area contributed by atoms with Crippen molar-refractivity contribution in [2.45, 2.75) is 25.8 Å². The van der Waals surface area contributed by atoms with Crippen molar-refractivity contribution >= 4 is 34.9 Å². The van der Waals surface area contributed by atoms with Gasteiger partial charge >= 0.3 is 0 Å². The molecule has 1 aliphatic rings. The van der Waals surface area contributed by atoms with Gasteiger partial charge in [-0.1, -0.05) is 23.2 Å². The lowest BCUT2D eigenvalue weighted by atomic mass is 10.0. The summed E-state index contributed by atoms with van der Waals surface area (Å²) < 4.78 is 21.2. The molecule has 0 unspecified atom stereocenters. The molecule has 35 heavy (non-hydrogen) atoms. The van der Waals surface area contributed by atoms with Crippen LogP contribution in [-0.4, -0.2) is 58.4 Å². The zero-order chi connectivity index (χ0) is 25.2. The van der Waals surface area contributed by atoms with Gasteiger partial charge < -0.3 is 20.7 Å². The minimum absolute atomic E-state index is 0.0165. The lowest BCUT2D eigenvalue weighted by Crippen LogP contribution is -2.53. The van der Waals surface area contributed by atoms with Gasteiger partial charge in [-0.25, -0.2) is 9.37 Å². The van der Waals surface area contributed by atoms with E-state index in [4.69, 9.17) is 33.7 Å². The Balaban J connectivity index is 1.48. The number of benzene rings is 1. The summed E-state index contributed by atoms with van der Waals surface area (Å²) in [5, 5.41) is 8.05. The number of aromatic nitrogens is 3. The van der Waals surface area contributed by atoms with Crippen LogP contribution in [0.2, 0.25) is 10.0 Å². The Bertz CT molecular complexity index is 1230. The number of hydrogen-bond acceptors (Lipinski definition) is 6. The Morgan fingerprint density at radius 1 is 1.23 bits per heavy atom. The number of carbonyl (C=O) groups is 1. The van der Waals surface area contributed by atoms with Crippen LogP contribution in [0.1, 0.15) is 19.4 Å². The van der Waals surface area contributed by atoms with Gasteiger partial charge in [0.15, 0.2) is 11.6 Å². The molecule has 1 saturated heterocycles. The number of hydrogen-bond donors (Lipinski definition) is 2. The smallest absolute Gasteiger partial charge is 0.250 e. The van der Waals surface area contributed by atoms with Crippen LogP contribution in [0.15, 0.2) is 36.8 Å². The molecule has 8 nitrogen and oxygen atoms in total. The van der Waals surface area contributed by atoms with E-state index in [9.17, 15) is 9.18 Å². The van der Waals surface area contributed by atoms with E-state index in [1.165, 1.54) is 12.1 Å². The molecular weight excluding hydrogens is 494 g/mol. The van der Waals surface area contributed by atoms with E-state index in [0.717, 1.165) is 24.2 Å². The van der Waals surface area contributed by atoms with Gasteiger partial charge in [0, 0.05) is 61.1 Å². The molecule has 1 amide bonds. The fourth-order valence-electron chi connectivity index (χ4n) is 3.92. The van der Waals surface area contributed by atoms with E-state index in [1.54, 1.807) is 23.1 Å². The first-order valence-corrected chi connectivity index (χ1v) is 12.0. The number of nitrogen functional groups attached to an aromatic ring is 1. The van der Waals surface area contributed by atoms with Gasteiger partial charge in [-0.2, -0.15) is 5.10 Å². The summed E-state index contributed by atoms with van der Waals surface area (Å²) in [5.41, 5.74) is 7.12. The van der Waals surface area contributed by atoms with E-state index in [2.05, 4.69) is 15.4 Å². The zero-order valence-electron chi connectivity index (χ0n) is 19.5. The molecule has 4 rings (SSSR count). The van der Waals surface area contributed by atoms with Crippen LogP contribution in [0.3, 0.4) is 0 Å². The van der Waals surface area contributed by atoms with E-state index in [0.29, 0.717) is 35.8 Å². The SMILES string of the molecule is CC(C)(C(=O)N1CCNCC1)n1cc(-c2cnc(N)c(OCCc3c(Cl)ccc(F)c3Cl)c2)cn1. The average Bonchev–Trinajstić information content (AvgIpc) is 3.36.